The average Bonchev–Trinajstić information content (AvgIpc) is 2.69. The van der Waals surface area contributed by atoms with Crippen LogP contribution >= 0.6 is 0 Å². The van der Waals surface area contributed by atoms with Gasteiger partial charge in [-0.1, -0.05) is 0 Å². The van der Waals surface area contributed by atoms with Crippen molar-refractivity contribution >= 4 is 17.7 Å². The summed E-state index contributed by atoms with van der Waals surface area (Å²) < 4.78 is 11.4. The molecule has 2 aromatic rings. The van der Waals surface area contributed by atoms with Crippen molar-refractivity contribution in [3.05, 3.63) is 59.2 Å². The molecule has 6 nitrogen and oxygen atoms in total. The Labute approximate surface area is 164 Å². The summed E-state index contributed by atoms with van der Waals surface area (Å²) in [5.74, 6) is 0.816. The Morgan fingerprint density at radius 1 is 1.14 bits per heavy atom. The van der Waals surface area contributed by atoms with Gasteiger partial charge in [-0.2, -0.15) is 0 Å². The number of hydrogen-bond acceptors (Lipinski definition) is 6. The maximum atomic E-state index is 11.0. The zero-order valence-corrected chi connectivity index (χ0v) is 15.8. The largest absolute Gasteiger partial charge is 0.490 e. The predicted molar refractivity (Wildman–Crippen MR) is 108 cm³/mol. The summed E-state index contributed by atoms with van der Waals surface area (Å²) in [6.45, 7) is 3.82. The molecule has 0 spiro atoms. The number of aldehydes is 1. The highest BCUT2D eigenvalue weighted by atomic mass is 16.5. The second-order valence-electron chi connectivity index (χ2n) is 7.41. The van der Waals surface area contributed by atoms with Gasteiger partial charge >= 0.3 is 0 Å². The molecule has 2 heterocycles. The van der Waals surface area contributed by atoms with Crippen molar-refractivity contribution in [1.82, 2.24) is 4.90 Å². The molecule has 0 aromatic heterocycles. The van der Waals surface area contributed by atoms with Gasteiger partial charge < -0.3 is 15.2 Å². The van der Waals surface area contributed by atoms with Crippen LogP contribution in [0.4, 0.5) is 5.69 Å². The topological polar surface area (TPSA) is 88.6 Å². The van der Waals surface area contributed by atoms with Gasteiger partial charge in [0.2, 0.25) is 0 Å². The van der Waals surface area contributed by atoms with E-state index in [2.05, 4.69) is 4.90 Å². The van der Waals surface area contributed by atoms with Crippen LogP contribution in [0.5, 0.6) is 5.75 Å². The first kappa shape index (κ1) is 18.7. The highest BCUT2D eigenvalue weighted by Gasteiger charge is 2.30. The Morgan fingerprint density at radius 3 is 2.46 bits per heavy atom. The van der Waals surface area contributed by atoms with E-state index in [1.165, 1.54) is 0 Å². The van der Waals surface area contributed by atoms with Crippen LogP contribution < -0.4 is 10.5 Å². The summed E-state index contributed by atoms with van der Waals surface area (Å²) in [6.07, 6.45) is 3.02. The fourth-order valence-corrected chi connectivity index (χ4v) is 3.70. The number of likely N-dealkylation sites (tertiary alicyclic amines) is 1. The third-order valence-electron chi connectivity index (χ3n) is 5.54. The quantitative estimate of drug-likeness (QED) is 0.458. The maximum Gasteiger partial charge on any atom is 0.150 e. The molecule has 0 bridgehead atoms. The van der Waals surface area contributed by atoms with Crippen LogP contribution in [-0.2, 0) is 4.74 Å². The first-order chi connectivity index (χ1) is 13.6. The molecule has 0 atom stereocenters. The van der Waals surface area contributed by atoms with Crippen LogP contribution in [0.2, 0.25) is 0 Å². The normalized spacial score (nSPS) is 18.4. The molecule has 28 heavy (non-hydrogen) atoms. The average molecular weight is 379 g/mol. The zero-order chi connectivity index (χ0) is 19.5. The number of piperidine rings is 1. The van der Waals surface area contributed by atoms with E-state index in [0.717, 1.165) is 56.7 Å². The van der Waals surface area contributed by atoms with Crippen LogP contribution in [0.3, 0.4) is 0 Å². The van der Waals surface area contributed by atoms with Crippen molar-refractivity contribution in [3.63, 3.8) is 0 Å². The minimum atomic E-state index is 0.225. The first-order valence-corrected chi connectivity index (χ1v) is 9.66. The summed E-state index contributed by atoms with van der Waals surface area (Å²) in [5, 5.41) is 8.44. The van der Waals surface area contributed by atoms with E-state index in [1.807, 2.05) is 24.3 Å². The molecule has 2 fully saturated rings. The number of anilines is 1. The number of carbonyl (C=O) groups is 1. The van der Waals surface area contributed by atoms with E-state index in [9.17, 15) is 4.79 Å². The standard InChI is InChI=1S/C22H25N3O3/c23-21-6-1-15(12-26)11-20(21)22(24)16-2-4-18(5-3-16)28-19-7-9-25(10-8-19)17-13-27-14-17/h1-6,11-12,17,19,24H,7-10,13-14,23H2. The molecule has 2 aliphatic heterocycles. The number of hydrogen-bond donors (Lipinski definition) is 2. The summed E-state index contributed by atoms with van der Waals surface area (Å²) in [5.41, 5.74) is 8.58. The molecule has 3 N–H and O–H groups in total. The van der Waals surface area contributed by atoms with Crippen LogP contribution in [0.25, 0.3) is 0 Å². The minimum absolute atomic E-state index is 0.225. The zero-order valence-electron chi connectivity index (χ0n) is 15.8. The predicted octanol–water partition coefficient (Wildman–Crippen LogP) is 2.74. The maximum absolute atomic E-state index is 11.0. The van der Waals surface area contributed by atoms with Gasteiger partial charge in [0.1, 0.15) is 18.1 Å². The van der Waals surface area contributed by atoms with Gasteiger partial charge in [-0.3, -0.25) is 15.1 Å². The number of ether oxygens (including phenoxy) is 2. The van der Waals surface area contributed by atoms with E-state index in [4.69, 9.17) is 20.6 Å². The first-order valence-electron chi connectivity index (χ1n) is 9.66. The molecule has 0 radical (unpaired) electrons. The van der Waals surface area contributed by atoms with Gasteiger partial charge in [0, 0.05) is 35.5 Å². The lowest BCUT2D eigenvalue weighted by atomic mass is 9.99. The van der Waals surface area contributed by atoms with Crippen molar-refractivity contribution in [2.75, 3.05) is 32.0 Å². The van der Waals surface area contributed by atoms with Gasteiger partial charge in [0.15, 0.2) is 0 Å². The molecule has 0 amide bonds. The molecule has 2 aromatic carbocycles. The SMILES string of the molecule is N=C(c1ccc(OC2CCN(C3COC3)CC2)cc1)c1cc(C=O)ccc1N. The molecule has 146 valence electrons. The van der Waals surface area contributed by atoms with E-state index in [-0.39, 0.29) is 6.10 Å². The lowest BCUT2D eigenvalue weighted by molar-refractivity contribution is -0.0778. The number of carbonyl (C=O) groups excluding carboxylic acids is 1. The molecule has 0 saturated carbocycles. The fourth-order valence-electron chi connectivity index (χ4n) is 3.70. The molecule has 2 aliphatic rings. The van der Waals surface area contributed by atoms with E-state index >= 15 is 0 Å². The smallest absolute Gasteiger partial charge is 0.150 e. The number of benzene rings is 2. The van der Waals surface area contributed by atoms with Crippen LogP contribution in [0.15, 0.2) is 42.5 Å². The number of nitrogens with zero attached hydrogens (tertiary/aromatic N) is 1. The summed E-state index contributed by atoms with van der Waals surface area (Å²) >= 11 is 0. The minimum Gasteiger partial charge on any atom is -0.490 e. The molecule has 0 unspecified atom stereocenters. The molecular weight excluding hydrogens is 354 g/mol. The Bertz CT molecular complexity index is 854. The number of rotatable bonds is 6. The number of nitrogens with two attached hydrogens (primary N) is 1. The molecule has 0 aliphatic carbocycles. The van der Waals surface area contributed by atoms with Crippen molar-refractivity contribution in [2.24, 2.45) is 0 Å². The van der Waals surface area contributed by atoms with Crippen LogP contribution in [0, 0.1) is 5.41 Å². The molecular formula is C22H25N3O3. The van der Waals surface area contributed by atoms with Crippen molar-refractivity contribution in [2.45, 2.75) is 25.0 Å². The van der Waals surface area contributed by atoms with Crippen molar-refractivity contribution < 1.29 is 14.3 Å². The third kappa shape index (κ3) is 3.93. The van der Waals surface area contributed by atoms with Crippen LogP contribution in [-0.4, -0.2) is 55.3 Å². The van der Waals surface area contributed by atoms with Gasteiger partial charge in [0.05, 0.1) is 25.0 Å². The Balaban J connectivity index is 1.37. The van der Waals surface area contributed by atoms with E-state index < -0.39 is 0 Å². The number of nitrogen functional groups attached to an aromatic ring is 1. The van der Waals surface area contributed by atoms with Crippen molar-refractivity contribution in [1.29, 1.82) is 5.41 Å². The third-order valence-corrected chi connectivity index (χ3v) is 5.54. The molecule has 4 rings (SSSR count). The second kappa shape index (κ2) is 8.12. The van der Waals surface area contributed by atoms with Crippen molar-refractivity contribution in [3.8, 4) is 5.75 Å². The summed E-state index contributed by atoms with van der Waals surface area (Å²) in [6, 6.07) is 13.1. The Kier molecular flexibility index (Phi) is 5.41. The lowest BCUT2D eigenvalue weighted by Crippen LogP contribution is -2.52. The van der Waals surface area contributed by atoms with E-state index in [1.54, 1.807) is 18.2 Å². The Morgan fingerprint density at radius 2 is 1.86 bits per heavy atom. The molecule has 6 heteroatoms. The highest BCUT2D eigenvalue weighted by Crippen LogP contribution is 2.24. The molecule has 2 saturated heterocycles. The van der Waals surface area contributed by atoms with Crippen LogP contribution in [0.1, 0.15) is 34.3 Å². The van der Waals surface area contributed by atoms with Gasteiger partial charge in [-0.15, -0.1) is 0 Å². The second-order valence-corrected chi connectivity index (χ2v) is 7.41. The Hall–Kier alpha value is -2.70. The fraction of sp³-hybridized carbons (Fsp3) is 0.364. The number of nitrogens with one attached hydrogen (secondary N) is 1. The highest BCUT2D eigenvalue weighted by molar-refractivity contribution is 6.14. The van der Waals surface area contributed by atoms with Gasteiger partial charge in [-0.05, 0) is 55.3 Å². The summed E-state index contributed by atoms with van der Waals surface area (Å²) in [4.78, 5) is 13.5. The van der Waals surface area contributed by atoms with Gasteiger partial charge in [0.25, 0.3) is 0 Å². The van der Waals surface area contributed by atoms with Gasteiger partial charge in [-0.25, -0.2) is 0 Å². The summed E-state index contributed by atoms with van der Waals surface area (Å²) in [7, 11) is 0. The van der Waals surface area contributed by atoms with E-state index in [0.29, 0.717) is 28.6 Å². The lowest BCUT2D eigenvalue weighted by Gasteiger charge is -2.41. The monoisotopic (exact) mass is 379 g/mol.